The maximum Gasteiger partial charge on any atom is 0.216 e. The number of nitrogens with one attached hydrogen (secondary N) is 1. The summed E-state index contributed by atoms with van der Waals surface area (Å²) in [5.41, 5.74) is 1.92. The van der Waals surface area contributed by atoms with Crippen LogP contribution in [-0.2, 0) is 21.3 Å². The molecular formula is C25H31N7O3S2. The normalized spacial score (nSPS) is 18.4. The van der Waals surface area contributed by atoms with Gasteiger partial charge in [-0.3, -0.25) is 10.00 Å². The predicted molar refractivity (Wildman–Crippen MR) is 146 cm³/mol. The van der Waals surface area contributed by atoms with Crippen molar-refractivity contribution in [1.82, 2.24) is 29.4 Å². The van der Waals surface area contributed by atoms with Crippen molar-refractivity contribution in [3.63, 3.8) is 0 Å². The number of sulfonamides is 1. The van der Waals surface area contributed by atoms with Crippen molar-refractivity contribution < 1.29 is 13.2 Å². The summed E-state index contributed by atoms with van der Waals surface area (Å²) in [5, 5.41) is 9.02. The molecular weight excluding hydrogens is 510 g/mol. The van der Waals surface area contributed by atoms with E-state index in [1.807, 2.05) is 24.4 Å². The average molecular weight is 542 g/mol. The molecule has 0 spiro atoms. The average Bonchev–Trinajstić information content (AvgIpc) is 3.55. The standard InChI is InChI=1S/C25H31N7O3S2/c1-30(2)37(33,34)18-6-8-31(9-7-18)16-17-14-20-24(32-10-12-35-13-11-32)27-23(28-25(20)36-17)19-4-3-5-22-21(19)15-26-29-22/h3-5,14-15,18H,6-13,16H2,1-2H3,(H,26,29). The van der Waals surface area contributed by atoms with Crippen LogP contribution in [0.5, 0.6) is 0 Å². The molecule has 5 heterocycles. The van der Waals surface area contributed by atoms with Crippen LogP contribution in [0.25, 0.3) is 32.5 Å². The van der Waals surface area contributed by atoms with Gasteiger partial charge in [0.15, 0.2) is 5.82 Å². The van der Waals surface area contributed by atoms with E-state index in [0.717, 1.165) is 65.2 Å². The number of fused-ring (bicyclic) bond motifs is 2. The van der Waals surface area contributed by atoms with Crippen molar-refractivity contribution in [2.24, 2.45) is 0 Å². The number of rotatable bonds is 6. The van der Waals surface area contributed by atoms with Crippen LogP contribution in [0.3, 0.4) is 0 Å². The first-order valence-electron chi connectivity index (χ1n) is 12.6. The molecule has 1 aromatic carbocycles. The number of hydrogen-bond acceptors (Lipinski definition) is 9. The molecule has 0 atom stereocenters. The Morgan fingerprint density at radius 1 is 1.11 bits per heavy atom. The minimum atomic E-state index is -3.21. The Labute approximate surface area is 220 Å². The van der Waals surface area contributed by atoms with Gasteiger partial charge in [0.25, 0.3) is 0 Å². The van der Waals surface area contributed by atoms with Gasteiger partial charge in [-0.05, 0) is 38.1 Å². The van der Waals surface area contributed by atoms with E-state index < -0.39 is 10.0 Å². The zero-order chi connectivity index (χ0) is 25.6. The fourth-order valence-corrected chi connectivity index (χ4v) is 7.69. The summed E-state index contributed by atoms with van der Waals surface area (Å²) >= 11 is 1.70. The molecule has 4 aromatic rings. The number of hydrogen-bond donors (Lipinski definition) is 1. The molecule has 37 heavy (non-hydrogen) atoms. The number of nitrogens with zero attached hydrogens (tertiary/aromatic N) is 6. The Kier molecular flexibility index (Phi) is 6.61. The summed E-state index contributed by atoms with van der Waals surface area (Å²) in [6.07, 6.45) is 3.14. The Morgan fingerprint density at radius 2 is 1.89 bits per heavy atom. The molecule has 2 aliphatic rings. The molecule has 3 aromatic heterocycles. The highest BCUT2D eigenvalue weighted by atomic mass is 32.2. The van der Waals surface area contributed by atoms with Crippen molar-refractivity contribution in [2.45, 2.75) is 24.6 Å². The molecule has 2 fully saturated rings. The van der Waals surface area contributed by atoms with Crippen molar-refractivity contribution in [3.8, 4) is 11.4 Å². The molecule has 0 unspecified atom stereocenters. The monoisotopic (exact) mass is 541 g/mol. The van der Waals surface area contributed by atoms with Gasteiger partial charge in [0.05, 0.1) is 35.6 Å². The molecule has 2 saturated heterocycles. The van der Waals surface area contributed by atoms with Crippen LogP contribution in [0.4, 0.5) is 5.82 Å². The third-order valence-electron chi connectivity index (χ3n) is 7.30. The second-order valence-corrected chi connectivity index (χ2v) is 13.4. The summed E-state index contributed by atoms with van der Waals surface area (Å²) in [5.74, 6) is 1.64. The highest BCUT2D eigenvalue weighted by molar-refractivity contribution is 7.89. The van der Waals surface area contributed by atoms with Gasteiger partial charge in [0.2, 0.25) is 10.0 Å². The number of benzene rings is 1. The highest BCUT2D eigenvalue weighted by Gasteiger charge is 2.31. The smallest absolute Gasteiger partial charge is 0.216 e. The molecule has 0 bridgehead atoms. The van der Waals surface area contributed by atoms with Crippen LogP contribution in [-0.4, -0.2) is 96.5 Å². The summed E-state index contributed by atoms with van der Waals surface area (Å²) in [6, 6.07) is 8.26. The maximum absolute atomic E-state index is 12.5. The largest absolute Gasteiger partial charge is 0.378 e. The lowest BCUT2D eigenvalue weighted by atomic mass is 10.1. The topological polar surface area (TPSA) is 108 Å². The van der Waals surface area contributed by atoms with Crippen molar-refractivity contribution in [3.05, 3.63) is 35.3 Å². The number of aromatic amines is 1. The molecule has 0 amide bonds. The van der Waals surface area contributed by atoms with Gasteiger partial charge in [-0.2, -0.15) is 5.10 Å². The minimum Gasteiger partial charge on any atom is -0.378 e. The van der Waals surface area contributed by atoms with E-state index in [2.05, 4.69) is 26.1 Å². The van der Waals surface area contributed by atoms with E-state index in [4.69, 9.17) is 14.7 Å². The third-order valence-corrected chi connectivity index (χ3v) is 10.6. The molecule has 2 aliphatic heterocycles. The summed E-state index contributed by atoms with van der Waals surface area (Å²) in [6.45, 7) is 5.26. The molecule has 0 saturated carbocycles. The SMILES string of the molecule is CN(C)S(=O)(=O)C1CCN(Cc2cc3c(N4CCOCC4)nc(-c4cccc5[nH]ncc45)nc3s2)CC1. The minimum absolute atomic E-state index is 0.298. The van der Waals surface area contributed by atoms with Gasteiger partial charge in [-0.25, -0.2) is 22.7 Å². The number of morpholine rings is 1. The lowest BCUT2D eigenvalue weighted by molar-refractivity contribution is 0.122. The van der Waals surface area contributed by atoms with E-state index in [1.54, 1.807) is 25.4 Å². The quantitative estimate of drug-likeness (QED) is 0.397. The van der Waals surface area contributed by atoms with E-state index in [-0.39, 0.29) is 5.25 Å². The Morgan fingerprint density at radius 3 is 2.65 bits per heavy atom. The first-order valence-corrected chi connectivity index (χ1v) is 14.9. The number of anilines is 1. The van der Waals surface area contributed by atoms with Crippen LogP contribution >= 0.6 is 11.3 Å². The van der Waals surface area contributed by atoms with Gasteiger partial charge in [-0.15, -0.1) is 11.3 Å². The van der Waals surface area contributed by atoms with Crippen LogP contribution < -0.4 is 4.90 Å². The molecule has 196 valence electrons. The summed E-state index contributed by atoms with van der Waals surface area (Å²) in [4.78, 5) is 16.9. The zero-order valence-electron chi connectivity index (χ0n) is 21.1. The molecule has 0 radical (unpaired) electrons. The Hall–Kier alpha value is -2.64. The van der Waals surface area contributed by atoms with Crippen molar-refractivity contribution in [1.29, 1.82) is 0 Å². The van der Waals surface area contributed by atoms with E-state index in [9.17, 15) is 8.42 Å². The van der Waals surface area contributed by atoms with Crippen LogP contribution in [0, 0.1) is 0 Å². The number of ether oxygens (including phenoxy) is 1. The van der Waals surface area contributed by atoms with Crippen molar-refractivity contribution in [2.75, 3.05) is 58.4 Å². The fraction of sp³-hybridized carbons (Fsp3) is 0.480. The molecule has 6 rings (SSSR count). The first kappa shape index (κ1) is 24.7. The van der Waals surface area contributed by atoms with Gasteiger partial charge >= 0.3 is 0 Å². The van der Waals surface area contributed by atoms with Crippen LogP contribution in [0.1, 0.15) is 17.7 Å². The lowest BCUT2D eigenvalue weighted by Crippen LogP contribution is -2.42. The fourth-order valence-electron chi connectivity index (χ4n) is 5.22. The Balaban J connectivity index is 1.31. The summed E-state index contributed by atoms with van der Waals surface area (Å²) in [7, 11) is 0.0278. The first-order chi connectivity index (χ1) is 17.9. The lowest BCUT2D eigenvalue weighted by Gasteiger charge is -2.32. The zero-order valence-corrected chi connectivity index (χ0v) is 22.7. The third kappa shape index (κ3) is 4.72. The van der Waals surface area contributed by atoms with Crippen LogP contribution in [0.2, 0.25) is 0 Å². The number of piperidine rings is 1. The van der Waals surface area contributed by atoms with E-state index >= 15 is 0 Å². The number of aromatic nitrogens is 4. The van der Waals surface area contributed by atoms with Crippen molar-refractivity contribution >= 4 is 48.3 Å². The summed E-state index contributed by atoms with van der Waals surface area (Å²) < 4.78 is 32.0. The van der Waals surface area contributed by atoms with Gasteiger partial charge in [0, 0.05) is 49.6 Å². The number of H-pyrrole nitrogens is 1. The van der Waals surface area contributed by atoms with Gasteiger partial charge in [0.1, 0.15) is 10.6 Å². The van der Waals surface area contributed by atoms with E-state index in [1.165, 1.54) is 9.18 Å². The van der Waals surface area contributed by atoms with Gasteiger partial charge < -0.3 is 9.64 Å². The Bertz CT molecular complexity index is 1520. The second kappa shape index (κ2) is 9.91. The van der Waals surface area contributed by atoms with E-state index in [0.29, 0.717) is 31.9 Å². The molecule has 12 heteroatoms. The molecule has 1 N–H and O–H groups in total. The van der Waals surface area contributed by atoms with Crippen LogP contribution in [0.15, 0.2) is 30.5 Å². The van der Waals surface area contributed by atoms with Gasteiger partial charge in [-0.1, -0.05) is 12.1 Å². The molecule has 10 nitrogen and oxygen atoms in total. The second-order valence-electron chi connectivity index (χ2n) is 9.84. The maximum atomic E-state index is 12.5. The predicted octanol–water partition coefficient (Wildman–Crippen LogP) is 2.93. The number of likely N-dealkylation sites (tertiary alicyclic amines) is 1. The number of thiophene rings is 1. The molecule has 0 aliphatic carbocycles. The highest BCUT2D eigenvalue weighted by Crippen LogP contribution is 2.36.